The predicted octanol–water partition coefficient (Wildman–Crippen LogP) is 3.42. The fourth-order valence-corrected chi connectivity index (χ4v) is 4.18. The first-order chi connectivity index (χ1) is 12.1. The number of nitrogens with one attached hydrogen (secondary N) is 1. The molecule has 2 aromatic heterocycles. The van der Waals surface area contributed by atoms with Crippen LogP contribution >= 0.6 is 0 Å². The molecule has 1 amide bonds. The molecule has 1 aliphatic rings. The van der Waals surface area contributed by atoms with Gasteiger partial charge in [-0.15, -0.1) is 0 Å². The van der Waals surface area contributed by atoms with Crippen LogP contribution in [0, 0.1) is 13.8 Å². The summed E-state index contributed by atoms with van der Waals surface area (Å²) < 4.78 is 1.92. The Morgan fingerprint density at radius 2 is 2.12 bits per heavy atom. The molecule has 25 heavy (non-hydrogen) atoms. The molecule has 1 saturated heterocycles. The van der Waals surface area contributed by atoms with Crippen LogP contribution < -0.4 is 0 Å². The molecular formula is C20H24N4O. The van der Waals surface area contributed by atoms with Crippen molar-refractivity contribution in [2.45, 2.75) is 39.2 Å². The summed E-state index contributed by atoms with van der Waals surface area (Å²) in [6.45, 7) is 4.97. The molecule has 3 heterocycles. The number of para-hydroxylation sites is 1. The summed E-state index contributed by atoms with van der Waals surface area (Å²) in [5.41, 5.74) is 5.59. The van der Waals surface area contributed by atoms with Crippen molar-refractivity contribution in [1.29, 1.82) is 0 Å². The van der Waals surface area contributed by atoms with Gasteiger partial charge in [0, 0.05) is 41.9 Å². The average molecular weight is 336 g/mol. The van der Waals surface area contributed by atoms with E-state index in [-0.39, 0.29) is 11.9 Å². The lowest BCUT2D eigenvalue weighted by molar-refractivity contribution is -0.131. The minimum atomic E-state index is 0.159. The maximum Gasteiger partial charge on any atom is 0.227 e. The number of amides is 1. The summed E-state index contributed by atoms with van der Waals surface area (Å²) in [6.07, 6.45) is 4.48. The molecule has 0 radical (unpaired) electrons. The number of rotatable bonds is 3. The van der Waals surface area contributed by atoms with Gasteiger partial charge in [-0.3, -0.25) is 9.48 Å². The Kier molecular flexibility index (Phi) is 3.86. The SMILES string of the molecule is Cc1nn(C)c(C)c1[C@H]1CCCN1C(=O)Cc1c[nH]c2ccccc12. The third-order valence-corrected chi connectivity index (χ3v) is 5.49. The van der Waals surface area contributed by atoms with Crippen molar-refractivity contribution in [3.8, 4) is 0 Å². The smallest absolute Gasteiger partial charge is 0.227 e. The molecule has 0 spiro atoms. The number of hydrogen-bond acceptors (Lipinski definition) is 2. The van der Waals surface area contributed by atoms with Crippen LogP contribution in [-0.4, -0.2) is 32.1 Å². The van der Waals surface area contributed by atoms with E-state index in [9.17, 15) is 4.79 Å². The van der Waals surface area contributed by atoms with Gasteiger partial charge >= 0.3 is 0 Å². The van der Waals surface area contributed by atoms with E-state index in [2.05, 4.69) is 28.0 Å². The Balaban J connectivity index is 1.61. The number of aryl methyl sites for hydroxylation is 2. The highest BCUT2D eigenvalue weighted by Gasteiger charge is 2.33. The van der Waals surface area contributed by atoms with Crippen molar-refractivity contribution in [3.63, 3.8) is 0 Å². The molecule has 3 aromatic rings. The van der Waals surface area contributed by atoms with Crippen LogP contribution in [-0.2, 0) is 18.3 Å². The molecule has 0 aliphatic carbocycles. The lowest BCUT2D eigenvalue weighted by Crippen LogP contribution is -2.32. The third-order valence-electron chi connectivity index (χ3n) is 5.49. The van der Waals surface area contributed by atoms with E-state index in [1.54, 1.807) is 0 Å². The summed E-state index contributed by atoms with van der Waals surface area (Å²) in [6, 6.07) is 8.31. The van der Waals surface area contributed by atoms with Crippen molar-refractivity contribution in [2.75, 3.05) is 6.54 Å². The number of fused-ring (bicyclic) bond motifs is 1. The van der Waals surface area contributed by atoms with Gasteiger partial charge in [0.05, 0.1) is 18.2 Å². The van der Waals surface area contributed by atoms with E-state index < -0.39 is 0 Å². The van der Waals surface area contributed by atoms with Gasteiger partial charge in [0.25, 0.3) is 0 Å². The second kappa shape index (κ2) is 6.06. The highest BCUT2D eigenvalue weighted by Crippen LogP contribution is 2.36. The van der Waals surface area contributed by atoms with Crippen molar-refractivity contribution >= 4 is 16.8 Å². The number of aromatic nitrogens is 3. The molecule has 5 nitrogen and oxygen atoms in total. The van der Waals surface area contributed by atoms with Gasteiger partial charge in [0.15, 0.2) is 0 Å². The molecule has 0 bridgehead atoms. The lowest BCUT2D eigenvalue weighted by atomic mass is 10.0. The molecule has 1 N–H and O–H groups in total. The number of aromatic amines is 1. The molecule has 5 heteroatoms. The van der Waals surface area contributed by atoms with Gasteiger partial charge in [-0.25, -0.2) is 0 Å². The Labute approximate surface area is 147 Å². The van der Waals surface area contributed by atoms with Gasteiger partial charge in [-0.1, -0.05) is 18.2 Å². The Morgan fingerprint density at radius 3 is 2.88 bits per heavy atom. The number of carbonyl (C=O) groups is 1. The maximum atomic E-state index is 13.1. The summed E-state index contributed by atoms with van der Waals surface area (Å²) in [7, 11) is 1.97. The Bertz CT molecular complexity index is 936. The van der Waals surface area contributed by atoms with Gasteiger partial charge in [0.1, 0.15) is 0 Å². The Hall–Kier alpha value is -2.56. The standard InChI is InChI=1S/C20H24N4O/c1-13-20(14(2)23(3)22-13)18-9-6-10-24(18)19(25)11-15-12-21-17-8-5-4-7-16(15)17/h4-5,7-8,12,18,21H,6,9-11H2,1-3H3/t18-/m1/s1. The number of hydrogen-bond donors (Lipinski definition) is 1. The maximum absolute atomic E-state index is 13.1. The van der Waals surface area contributed by atoms with E-state index in [0.717, 1.165) is 47.2 Å². The molecule has 0 saturated carbocycles. The van der Waals surface area contributed by atoms with Crippen molar-refractivity contribution in [3.05, 3.63) is 53.0 Å². The van der Waals surface area contributed by atoms with Crippen LogP contribution in [0.3, 0.4) is 0 Å². The second-order valence-corrected chi connectivity index (χ2v) is 6.99. The number of H-pyrrole nitrogens is 1. The number of likely N-dealkylation sites (tertiary alicyclic amines) is 1. The van der Waals surface area contributed by atoms with Crippen LogP contribution in [0.1, 0.15) is 41.4 Å². The van der Waals surface area contributed by atoms with E-state index in [1.165, 1.54) is 5.56 Å². The van der Waals surface area contributed by atoms with Crippen LogP contribution in [0.2, 0.25) is 0 Å². The first-order valence-electron chi connectivity index (χ1n) is 8.91. The van der Waals surface area contributed by atoms with Gasteiger partial charge in [-0.2, -0.15) is 5.10 Å². The third kappa shape index (κ3) is 2.64. The molecule has 130 valence electrons. The molecule has 1 fully saturated rings. The van der Waals surface area contributed by atoms with Crippen molar-refractivity contribution in [2.24, 2.45) is 7.05 Å². The molecule has 1 atom stereocenters. The van der Waals surface area contributed by atoms with Crippen LogP contribution in [0.25, 0.3) is 10.9 Å². The van der Waals surface area contributed by atoms with E-state index in [0.29, 0.717) is 6.42 Å². The fourth-order valence-electron chi connectivity index (χ4n) is 4.18. The molecule has 0 unspecified atom stereocenters. The summed E-state index contributed by atoms with van der Waals surface area (Å²) in [4.78, 5) is 18.4. The van der Waals surface area contributed by atoms with Crippen LogP contribution in [0.15, 0.2) is 30.5 Å². The van der Waals surface area contributed by atoms with Gasteiger partial charge in [-0.05, 0) is 38.3 Å². The average Bonchev–Trinajstić information content (AvgIpc) is 3.27. The summed E-state index contributed by atoms with van der Waals surface area (Å²) in [5, 5.41) is 5.68. The number of carbonyl (C=O) groups excluding carboxylic acids is 1. The minimum absolute atomic E-state index is 0.159. The predicted molar refractivity (Wildman–Crippen MR) is 98.4 cm³/mol. The zero-order valence-corrected chi connectivity index (χ0v) is 15.0. The second-order valence-electron chi connectivity index (χ2n) is 6.99. The zero-order valence-electron chi connectivity index (χ0n) is 15.0. The van der Waals surface area contributed by atoms with E-state index in [1.807, 2.05) is 43.0 Å². The first kappa shape index (κ1) is 15.9. The summed E-state index contributed by atoms with van der Waals surface area (Å²) in [5.74, 6) is 0.204. The van der Waals surface area contributed by atoms with Gasteiger partial charge < -0.3 is 9.88 Å². The quantitative estimate of drug-likeness (QED) is 0.797. The van der Waals surface area contributed by atoms with E-state index in [4.69, 9.17) is 0 Å². The largest absolute Gasteiger partial charge is 0.361 e. The Morgan fingerprint density at radius 1 is 1.32 bits per heavy atom. The molecule has 1 aromatic carbocycles. The van der Waals surface area contributed by atoms with E-state index >= 15 is 0 Å². The first-order valence-corrected chi connectivity index (χ1v) is 8.91. The van der Waals surface area contributed by atoms with Gasteiger partial charge in [0.2, 0.25) is 5.91 Å². The molecule has 1 aliphatic heterocycles. The van der Waals surface area contributed by atoms with Crippen LogP contribution in [0.4, 0.5) is 0 Å². The summed E-state index contributed by atoms with van der Waals surface area (Å²) >= 11 is 0. The highest BCUT2D eigenvalue weighted by atomic mass is 16.2. The number of nitrogens with zero attached hydrogens (tertiary/aromatic N) is 3. The minimum Gasteiger partial charge on any atom is -0.361 e. The fraction of sp³-hybridized carbons (Fsp3) is 0.400. The highest BCUT2D eigenvalue weighted by molar-refractivity contribution is 5.89. The molecular weight excluding hydrogens is 312 g/mol. The van der Waals surface area contributed by atoms with Crippen LogP contribution in [0.5, 0.6) is 0 Å². The normalized spacial score (nSPS) is 17.6. The van der Waals surface area contributed by atoms with Crippen molar-refractivity contribution in [1.82, 2.24) is 19.7 Å². The lowest BCUT2D eigenvalue weighted by Gasteiger charge is -2.25. The zero-order chi connectivity index (χ0) is 17.6. The van der Waals surface area contributed by atoms with Crippen molar-refractivity contribution < 1.29 is 4.79 Å². The molecule has 4 rings (SSSR count). The topological polar surface area (TPSA) is 53.9 Å². The monoisotopic (exact) mass is 336 g/mol. The number of benzene rings is 1.